The molecule has 0 spiro atoms. The highest BCUT2D eigenvalue weighted by molar-refractivity contribution is 8.16. The number of hydrogen-bond acceptors (Lipinski definition) is 3. The average Bonchev–Trinajstić information content (AvgIpc) is 2.13. The minimum absolute atomic E-state index is 0.0446. The summed E-state index contributed by atoms with van der Waals surface area (Å²) in [6, 6.07) is 0. The van der Waals surface area contributed by atoms with E-state index in [9.17, 15) is 4.79 Å². The normalized spacial score (nSPS) is 24.6. The molecular formula is C6H7NOS2. The molecule has 1 N–H and O–H groups in total. The van der Waals surface area contributed by atoms with Crippen molar-refractivity contribution in [3.05, 3.63) is 12.7 Å². The van der Waals surface area contributed by atoms with E-state index in [1.807, 2.05) is 0 Å². The number of thioether (sulfide) groups is 1. The van der Waals surface area contributed by atoms with Crippen LogP contribution >= 0.6 is 24.0 Å². The number of hydrogen-bond donors (Lipinski definition) is 1. The van der Waals surface area contributed by atoms with Crippen molar-refractivity contribution in [2.24, 2.45) is 0 Å². The summed E-state index contributed by atoms with van der Waals surface area (Å²) < 4.78 is 0. The third-order valence-corrected chi connectivity index (χ3v) is 2.71. The van der Waals surface area contributed by atoms with Gasteiger partial charge in [-0.15, -0.1) is 6.58 Å². The molecule has 1 unspecified atom stereocenters. The van der Waals surface area contributed by atoms with Gasteiger partial charge < -0.3 is 5.32 Å². The predicted octanol–water partition coefficient (Wildman–Crippen LogP) is 1.71. The van der Waals surface area contributed by atoms with E-state index in [2.05, 4.69) is 11.9 Å². The Morgan fingerprint density at radius 3 is 3.00 bits per heavy atom. The van der Waals surface area contributed by atoms with E-state index in [1.54, 1.807) is 6.08 Å². The van der Waals surface area contributed by atoms with Gasteiger partial charge in [-0.1, -0.05) is 30.1 Å². The predicted molar refractivity (Wildman–Crippen MR) is 47.3 cm³/mol. The fourth-order valence-corrected chi connectivity index (χ4v) is 1.92. The van der Waals surface area contributed by atoms with Gasteiger partial charge in [0.25, 0.3) is 5.24 Å². The van der Waals surface area contributed by atoms with Crippen LogP contribution in [0.25, 0.3) is 0 Å². The molecule has 0 aromatic heterocycles. The quantitative estimate of drug-likeness (QED) is 0.509. The first kappa shape index (κ1) is 7.75. The van der Waals surface area contributed by atoms with Crippen LogP contribution in [-0.4, -0.2) is 15.5 Å². The third-order valence-electron chi connectivity index (χ3n) is 1.15. The minimum atomic E-state index is -0.0446. The summed E-state index contributed by atoms with van der Waals surface area (Å²) in [5.41, 5.74) is 0. The lowest BCUT2D eigenvalue weighted by Gasteiger charge is -1.99. The van der Waals surface area contributed by atoms with Crippen LogP contribution in [0.15, 0.2) is 12.7 Å². The molecule has 1 saturated heterocycles. The first-order valence-electron chi connectivity index (χ1n) is 2.86. The van der Waals surface area contributed by atoms with Crippen molar-refractivity contribution in [2.45, 2.75) is 11.7 Å². The van der Waals surface area contributed by atoms with Gasteiger partial charge in [0.1, 0.15) is 0 Å². The molecule has 0 saturated carbocycles. The van der Waals surface area contributed by atoms with Crippen molar-refractivity contribution in [1.82, 2.24) is 5.32 Å². The molecule has 1 rings (SSSR count). The Kier molecular flexibility index (Phi) is 2.45. The van der Waals surface area contributed by atoms with Gasteiger partial charge >= 0.3 is 0 Å². The number of carbonyl (C=O) groups is 1. The Morgan fingerprint density at radius 2 is 2.60 bits per heavy atom. The topological polar surface area (TPSA) is 29.1 Å². The van der Waals surface area contributed by atoms with Crippen molar-refractivity contribution >= 4 is 34.2 Å². The van der Waals surface area contributed by atoms with Crippen molar-refractivity contribution in [1.29, 1.82) is 0 Å². The van der Waals surface area contributed by atoms with Crippen LogP contribution in [0.4, 0.5) is 4.79 Å². The van der Waals surface area contributed by atoms with Crippen molar-refractivity contribution in [3.63, 3.8) is 0 Å². The van der Waals surface area contributed by atoms with Gasteiger partial charge in [-0.2, -0.15) is 0 Å². The molecule has 2 nitrogen and oxygen atoms in total. The molecule has 4 heteroatoms. The number of carbonyl (C=O) groups excluding carboxylic acids is 1. The highest BCUT2D eigenvalue weighted by atomic mass is 32.2. The number of thiocarbonyl (C=S) groups is 1. The molecule has 0 radical (unpaired) electrons. The Hall–Kier alpha value is -0.350. The number of allylic oxidation sites excluding steroid dienone is 1. The second-order valence-electron chi connectivity index (χ2n) is 1.91. The zero-order valence-electron chi connectivity index (χ0n) is 5.29. The van der Waals surface area contributed by atoms with Crippen LogP contribution in [0, 0.1) is 0 Å². The van der Waals surface area contributed by atoms with Crippen molar-refractivity contribution in [2.75, 3.05) is 0 Å². The Labute approximate surface area is 69.1 Å². The van der Waals surface area contributed by atoms with Crippen LogP contribution in [0.2, 0.25) is 0 Å². The van der Waals surface area contributed by atoms with Crippen LogP contribution in [0.5, 0.6) is 0 Å². The van der Waals surface area contributed by atoms with Crippen LogP contribution in [0.1, 0.15) is 6.42 Å². The van der Waals surface area contributed by atoms with E-state index in [1.165, 1.54) is 11.8 Å². The molecule has 0 aromatic rings. The molecule has 1 fully saturated rings. The van der Waals surface area contributed by atoms with E-state index in [0.29, 0.717) is 4.99 Å². The zero-order chi connectivity index (χ0) is 7.56. The van der Waals surface area contributed by atoms with E-state index < -0.39 is 0 Å². The SMILES string of the molecule is C=CCC1SC(=O)NC1=S. The lowest BCUT2D eigenvalue weighted by atomic mass is 10.3. The lowest BCUT2D eigenvalue weighted by Crippen LogP contribution is -2.21. The molecule has 1 aliphatic heterocycles. The maximum Gasteiger partial charge on any atom is 0.284 e. The average molecular weight is 173 g/mol. The summed E-state index contributed by atoms with van der Waals surface area (Å²) in [4.78, 5) is 11.3. The summed E-state index contributed by atoms with van der Waals surface area (Å²) in [6.45, 7) is 3.57. The molecule has 1 heterocycles. The second kappa shape index (κ2) is 3.16. The van der Waals surface area contributed by atoms with Gasteiger partial charge in [-0.3, -0.25) is 4.79 Å². The Bertz CT molecular complexity index is 190. The standard InChI is InChI=1S/C6H7NOS2/c1-2-3-4-5(9)7-6(8)10-4/h2,4H,1,3H2,(H,7,8,9). The number of nitrogens with one attached hydrogen (secondary N) is 1. The number of rotatable bonds is 2. The van der Waals surface area contributed by atoms with E-state index >= 15 is 0 Å². The Balaban J connectivity index is 2.54. The van der Waals surface area contributed by atoms with Crippen LogP contribution in [0.3, 0.4) is 0 Å². The maximum absolute atomic E-state index is 10.7. The van der Waals surface area contributed by atoms with Crippen LogP contribution < -0.4 is 5.32 Å². The largest absolute Gasteiger partial charge is 0.310 e. The van der Waals surface area contributed by atoms with Gasteiger partial charge in [0.15, 0.2) is 0 Å². The second-order valence-corrected chi connectivity index (χ2v) is 3.52. The molecule has 1 atom stereocenters. The van der Waals surface area contributed by atoms with Gasteiger partial charge in [-0.05, 0) is 6.42 Å². The molecule has 1 amide bonds. The fraction of sp³-hybridized carbons (Fsp3) is 0.333. The summed E-state index contributed by atoms with van der Waals surface area (Å²) >= 11 is 6.12. The fourth-order valence-electron chi connectivity index (χ4n) is 0.700. The van der Waals surface area contributed by atoms with Gasteiger partial charge in [-0.25, -0.2) is 0 Å². The summed E-state index contributed by atoms with van der Waals surface area (Å²) in [7, 11) is 0. The minimum Gasteiger partial charge on any atom is -0.310 e. The summed E-state index contributed by atoms with van der Waals surface area (Å²) in [5.74, 6) is 0. The third kappa shape index (κ3) is 1.58. The van der Waals surface area contributed by atoms with Crippen molar-refractivity contribution in [3.8, 4) is 0 Å². The van der Waals surface area contributed by atoms with Gasteiger partial charge in [0.05, 0.1) is 10.2 Å². The zero-order valence-corrected chi connectivity index (χ0v) is 6.93. The first-order chi connectivity index (χ1) is 4.74. The highest BCUT2D eigenvalue weighted by Gasteiger charge is 2.26. The number of amides is 1. The molecule has 1 aliphatic rings. The summed E-state index contributed by atoms with van der Waals surface area (Å²) in [5, 5.41) is 2.64. The molecular weight excluding hydrogens is 166 g/mol. The van der Waals surface area contributed by atoms with Crippen LogP contribution in [-0.2, 0) is 0 Å². The molecule has 0 bridgehead atoms. The monoisotopic (exact) mass is 173 g/mol. The molecule has 54 valence electrons. The summed E-state index contributed by atoms with van der Waals surface area (Å²) in [6.07, 6.45) is 2.53. The molecule has 0 aliphatic carbocycles. The highest BCUT2D eigenvalue weighted by Crippen LogP contribution is 2.22. The van der Waals surface area contributed by atoms with Gasteiger partial charge in [0, 0.05) is 0 Å². The van der Waals surface area contributed by atoms with E-state index in [0.717, 1.165) is 6.42 Å². The van der Waals surface area contributed by atoms with Gasteiger partial charge in [0.2, 0.25) is 0 Å². The molecule has 0 aromatic carbocycles. The van der Waals surface area contributed by atoms with Crippen molar-refractivity contribution < 1.29 is 4.79 Å². The van der Waals surface area contributed by atoms with E-state index in [-0.39, 0.29) is 10.5 Å². The smallest absolute Gasteiger partial charge is 0.284 e. The Morgan fingerprint density at radius 1 is 1.90 bits per heavy atom. The van der Waals surface area contributed by atoms with E-state index in [4.69, 9.17) is 12.2 Å². The molecule has 10 heavy (non-hydrogen) atoms. The lowest BCUT2D eigenvalue weighted by molar-refractivity contribution is 0.265. The maximum atomic E-state index is 10.7. The first-order valence-corrected chi connectivity index (χ1v) is 4.15.